The summed E-state index contributed by atoms with van der Waals surface area (Å²) >= 11 is 0. The number of hydrogen-bond donors (Lipinski definition) is 0. The number of aryl methyl sites for hydroxylation is 1. The van der Waals surface area contributed by atoms with Crippen LogP contribution >= 0.6 is 0 Å². The lowest BCUT2D eigenvalue weighted by Crippen LogP contribution is -2.33. The van der Waals surface area contributed by atoms with Gasteiger partial charge in [-0.2, -0.15) is 0 Å². The van der Waals surface area contributed by atoms with E-state index in [0.29, 0.717) is 24.0 Å². The highest BCUT2D eigenvalue weighted by atomic mass is 16.2. The normalized spacial score (nSPS) is 18.7. The first-order chi connectivity index (χ1) is 13.6. The van der Waals surface area contributed by atoms with Gasteiger partial charge in [0.15, 0.2) is 0 Å². The van der Waals surface area contributed by atoms with Crippen LogP contribution < -0.4 is 0 Å². The molecular weight excluding hydrogens is 352 g/mol. The van der Waals surface area contributed by atoms with E-state index in [1.165, 1.54) is 16.0 Å². The average molecular weight is 376 g/mol. The molecule has 0 radical (unpaired) electrons. The lowest BCUT2D eigenvalue weighted by molar-refractivity contribution is -0.132. The minimum absolute atomic E-state index is 0.0969. The van der Waals surface area contributed by atoms with Crippen molar-refractivity contribution in [2.75, 3.05) is 13.1 Å². The molecule has 28 heavy (non-hydrogen) atoms. The highest BCUT2D eigenvalue weighted by molar-refractivity contribution is 6.21. The molecular formula is C23H24N2O3. The number of benzene rings is 2. The molecule has 3 amide bonds. The van der Waals surface area contributed by atoms with E-state index >= 15 is 0 Å². The second-order valence-corrected chi connectivity index (χ2v) is 7.57. The van der Waals surface area contributed by atoms with Gasteiger partial charge in [-0.1, -0.05) is 42.0 Å². The largest absolute Gasteiger partial charge is 0.336 e. The topological polar surface area (TPSA) is 57.7 Å². The van der Waals surface area contributed by atoms with Crippen LogP contribution in [0.1, 0.15) is 63.6 Å². The van der Waals surface area contributed by atoms with E-state index in [9.17, 15) is 14.4 Å². The number of carbonyl (C=O) groups is 3. The van der Waals surface area contributed by atoms with Gasteiger partial charge in [-0.15, -0.1) is 0 Å². The van der Waals surface area contributed by atoms with Crippen molar-refractivity contribution in [3.05, 3.63) is 70.8 Å². The fourth-order valence-corrected chi connectivity index (χ4v) is 4.17. The summed E-state index contributed by atoms with van der Waals surface area (Å²) in [5.41, 5.74) is 3.30. The maximum atomic E-state index is 12.8. The Morgan fingerprint density at radius 2 is 1.64 bits per heavy atom. The third-order valence-electron chi connectivity index (χ3n) is 5.69. The first kappa shape index (κ1) is 18.4. The van der Waals surface area contributed by atoms with Gasteiger partial charge in [0.05, 0.1) is 17.2 Å². The minimum Gasteiger partial charge on any atom is -0.336 e. The predicted molar refractivity (Wildman–Crippen MR) is 106 cm³/mol. The van der Waals surface area contributed by atoms with Gasteiger partial charge in [0, 0.05) is 19.5 Å². The highest BCUT2D eigenvalue weighted by Crippen LogP contribution is 2.32. The molecule has 0 bridgehead atoms. The van der Waals surface area contributed by atoms with Crippen LogP contribution in [-0.4, -0.2) is 40.6 Å². The Hall–Kier alpha value is -2.95. The Balaban J connectivity index is 1.35. The van der Waals surface area contributed by atoms with Gasteiger partial charge in [-0.3, -0.25) is 19.3 Å². The zero-order valence-corrected chi connectivity index (χ0v) is 16.1. The van der Waals surface area contributed by atoms with Crippen molar-refractivity contribution in [2.45, 2.75) is 38.6 Å². The molecule has 4 rings (SSSR count). The summed E-state index contributed by atoms with van der Waals surface area (Å²) in [4.78, 5) is 40.8. The Bertz CT molecular complexity index is 885. The lowest BCUT2D eigenvalue weighted by Gasteiger charge is -2.25. The molecule has 2 aliphatic rings. The number of rotatable bonds is 5. The summed E-state index contributed by atoms with van der Waals surface area (Å²) in [6.45, 7) is 3.10. The number of nitrogens with zero attached hydrogens (tertiary/aromatic N) is 2. The second kappa shape index (κ2) is 7.58. The molecule has 0 aliphatic carbocycles. The van der Waals surface area contributed by atoms with E-state index < -0.39 is 0 Å². The SMILES string of the molecule is Cc1ccc(C2CCCN2C(=O)CCCN2C(=O)c3ccccc3C2=O)cc1. The van der Waals surface area contributed by atoms with Crippen LogP contribution in [0.3, 0.4) is 0 Å². The first-order valence-electron chi connectivity index (χ1n) is 9.87. The van der Waals surface area contributed by atoms with E-state index in [-0.39, 0.29) is 30.3 Å². The molecule has 1 fully saturated rings. The quantitative estimate of drug-likeness (QED) is 0.747. The van der Waals surface area contributed by atoms with Gasteiger partial charge in [0.1, 0.15) is 0 Å². The van der Waals surface area contributed by atoms with Crippen molar-refractivity contribution < 1.29 is 14.4 Å². The van der Waals surface area contributed by atoms with Crippen molar-refractivity contribution >= 4 is 17.7 Å². The molecule has 2 aromatic carbocycles. The van der Waals surface area contributed by atoms with Crippen LogP contribution in [0.2, 0.25) is 0 Å². The number of amides is 3. The fourth-order valence-electron chi connectivity index (χ4n) is 4.17. The average Bonchev–Trinajstić information content (AvgIpc) is 3.28. The fraction of sp³-hybridized carbons (Fsp3) is 0.348. The molecule has 1 atom stereocenters. The zero-order chi connectivity index (χ0) is 19.7. The molecule has 1 saturated heterocycles. The Morgan fingerprint density at radius 1 is 1.00 bits per heavy atom. The van der Waals surface area contributed by atoms with Crippen molar-refractivity contribution in [3.8, 4) is 0 Å². The number of likely N-dealkylation sites (tertiary alicyclic amines) is 1. The molecule has 2 heterocycles. The zero-order valence-electron chi connectivity index (χ0n) is 16.1. The number of hydrogen-bond acceptors (Lipinski definition) is 3. The van der Waals surface area contributed by atoms with Crippen LogP contribution in [0.4, 0.5) is 0 Å². The van der Waals surface area contributed by atoms with E-state index in [0.717, 1.165) is 19.4 Å². The van der Waals surface area contributed by atoms with Crippen LogP contribution in [0, 0.1) is 6.92 Å². The first-order valence-corrected chi connectivity index (χ1v) is 9.87. The second-order valence-electron chi connectivity index (χ2n) is 7.57. The molecule has 1 unspecified atom stereocenters. The highest BCUT2D eigenvalue weighted by Gasteiger charge is 2.35. The molecule has 0 N–H and O–H groups in total. The molecule has 144 valence electrons. The van der Waals surface area contributed by atoms with Gasteiger partial charge < -0.3 is 4.90 Å². The maximum absolute atomic E-state index is 12.8. The molecule has 0 spiro atoms. The van der Waals surface area contributed by atoms with Gasteiger partial charge in [0.25, 0.3) is 11.8 Å². The van der Waals surface area contributed by atoms with E-state index in [4.69, 9.17) is 0 Å². The number of imide groups is 1. The Labute approximate surface area is 164 Å². The van der Waals surface area contributed by atoms with E-state index in [2.05, 4.69) is 31.2 Å². The van der Waals surface area contributed by atoms with Crippen LogP contribution in [0.5, 0.6) is 0 Å². The maximum Gasteiger partial charge on any atom is 0.261 e. The van der Waals surface area contributed by atoms with Crippen molar-refractivity contribution in [1.82, 2.24) is 9.80 Å². The lowest BCUT2D eigenvalue weighted by atomic mass is 10.0. The third-order valence-corrected chi connectivity index (χ3v) is 5.69. The summed E-state index contributed by atoms with van der Waals surface area (Å²) < 4.78 is 0. The third kappa shape index (κ3) is 3.33. The van der Waals surface area contributed by atoms with E-state index in [1.807, 2.05) is 4.90 Å². The van der Waals surface area contributed by atoms with Gasteiger partial charge in [0.2, 0.25) is 5.91 Å². The van der Waals surface area contributed by atoms with Crippen LogP contribution in [0.25, 0.3) is 0 Å². The van der Waals surface area contributed by atoms with Crippen molar-refractivity contribution in [2.24, 2.45) is 0 Å². The smallest absolute Gasteiger partial charge is 0.261 e. The predicted octanol–water partition coefficient (Wildman–Crippen LogP) is 3.73. The number of carbonyl (C=O) groups excluding carboxylic acids is 3. The molecule has 2 aromatic rings. The number of fused-ring (bicyclic) bond motifs is 1. The summed E-state index contributed by atoms with van der Waals surface area (Å²) in [6.07, 6.45) is 2.81. The van der Waals surface area contributed by atoms with Crippen LogP contribution in [-0.2, 0) is 4.79 Å². The molecule has 0 aromatic heterocycles. The summed E-state index contributed by atoms with van der Waals surface area (Å²) in [6, 6.07) is 15.4. The summed E-state index contributed by atoms with van der Waals surface area (Å²) in [5, 5.41) is 0. The van der Waals surface area contributed by atoms with Crippen LogP contribution in [0.15, 0.2) is 48.5 Å². The summed E-state index contributed by atoms with van der Waals surface area (Å²) in [7, 11) is 0. The van der Waals surface area contributed by atoms with Gasteiger partial charge >= 0.3 is 0 Å². The van der Waals surface area contributed by atoms with Gasteiger partial charge in [-0.25, -0.2) is 0 Å². The molecule has 2 aliphatic heterocycles. The minimum atomic E-state index is -0.258. The van der Waals surface area contributed by atoms with Crippen molar-refractivity contribution in [3.63, 3.8) is 0 Å². The van der Waals surface area contributed by atoms with Gasteiger partial charge in [-0.05, 0) is 43.9 Å². The standard InChI is InChI=1S/C23H24N2O3/c1-16-10-12-17(13-11-16)20-8-4-14-24(20)21(26)9-5-15-25-22(27)18-6-2-3-7-19(18)23(25)28/h2-3,6-7,10-13,20H,4-5,8-9,14-15H2,1H3. The Morgan fingerprint density at radius 3 is 2.29 bits per heavy atom. The van der Waals surface area contributed by atoms with Crippen molar-refractivity contribution in [1.29, 1.82) is 0 Å². The summed E-state index contributed by atoms with van der Waals surface area (Å²) in [5.74, 6) is -0.418. The Kier molecular flexibility index (Phi) is 4.99. The molecule has 0 saturated carbocycles. The molecule has 5 heteroatoms. The molecule has 5 nitrogen and oxygen atoms in total. The monoisotopic (exact) mass is 376 g/mol. The van der Waals surface area contributed by atoms with E-state index in [1.54, 1.807) is 24.3 Å².